The van der Waals surface area contributed by atoms with Gasteiger partial charge in [-0.05, 0) is 56.1 Å². The van der Waals surface area contributed by atoms with Gasteiger partial charge in [-0.15, -0.1) is 0 Å². The number of benzene rings is 1. The van der Waals surface area contributed by atoms with Gasteiger partial charge in [0, 0.05) is 18.0 Å². The van der Waals surface area contributed by atoms with E-state index in [0.29, 0.717) is 6.04 Å². The summed E-state index contributed by atoms with van der Waals surface area (Å²) in [5.41, 5.74) is 4.13. The maximum Gasteiger partial charge on any atom is 0.165 e. The first-order chi connectivity index (χ1) is 11.7. The van der Waals surface area contributed by atoms with Gasteiger partial charge in [0.1, 0.15) is 5.76 Å². The van der Waals surface area contributed by atoms with Crippen LogP contribution in [0.2, 0.25) is 0 Å². The van der Waals surface area contributed by atoms with E-state index in [-0.39, 0.29) is 6.10 Å². The van der Waals surface area contributed by atoms with Crippen LogP contribution in [0.1, 0.15) is 24.0 Å². The highest BCUT2D eigenvalue weighted by molar-refractivity contribution is 5.53. The highest BCUT2D eigenvalue weighted by Crippen LogP contribution is 2.41. The lowest BCUT2D eigenvalue weighted by molar-refractivity contribution is 0.137. The van der Waals surface area contributed by atoms with Crippen molar-refractivity contribution in [1.82, 2.24) is 4.90 Å². The predicted octanol–water partition coefficient (Wildman–Crippen LogP) is 3.11. The number of hydrogen-bond donors (Lipinski definition) is 0. The van der Waals surface area contributed by atoms with Gasteiger partial charge in [-0.3, -0.25) is 4.90 Å². The second-order valence-corrected chi connectivity index (χ2v) is 6.86. The van der Waals surface area contributed by atoms with Gasteiger partial charge >= 0.3 is 0 Å². The molecule has 0 fully saturated rings. The molecule has 4 heteroatoms. The molecule has 0 spiro atoms. The minimum Gasteiger partial charge on any atom is -0.497 e. The minimum absolute atomic E-state index is 0.0787. The third kappa shape index (κ3) is 2.49. The fourth-order valence-corrected chi connectivity index (χ4v) is 4.21. The third-order valence-electron chi connectivity index (χ3n) is 5.55. The van der Waals surface area contributed by atoms with Gasteiger partial charge < -0.3 is 14.2 Å². The van der Waals surface area contributed by atoms with E-state index in [2.05, 4.69) is 30.2 Å². The van der Waals surface area contributed by atoms with Crippen molar-refractivity contribution in [2.24, 2.45) is 0 Å². The first kappa shape index (κ1) is 15.6. The van der Waals surface area contributed by atoms with Crippen LogP contribution >= 0.6 is 0 Å². The molecule has 0 N–H and O–H groups in total. The summed E-state index contributed by atoms with van der Waals surface area (Å²) in [6, 6.07) is 4.68. The summed E-state index contributed by atoms with van der Waals surface area (Å²) in [7, 11) is 5.67. The first-order valence-electron chi connectivity index (χ1n) is 8.71. The van der Waals surface area contributed by atoms with E-state index in [1.165, 1.54) is 16.7 Å². The molecular formula is C20H25NO3. The lowest BCUT2D eigenvalue weighted by atomic mass is 9.87. The Kier molecular flexibility index (Phi) is 4.01. The van der Waals surface area contributed by atoms with Crippen LogP contribution in [-0.4, -0.2) is 44.9 Å². The number of hydrogen-bond acceptors (Lipinski definition) is 4. The Morgan fingerprint density at radius 3 is 2.79 bits per heavy atom. The Hall–Kier alpha value is -1.94. The molecular weight excluding hydrogens is 302 g/mol. The summed E-state index contributed by atoms with van der Waals surface area (Å²) in [6.07, 6.45) is 8.28. The molecule has 24 heavy (non-hydrogen) atoms. The maximum atomic E-state index is 6.49. The summed E-state index contributed by atoms with van der Waals surface area (Å²) < 4.78 is 17.7. The fourth-order valence-electron chi connectivity index (χ4n) is 4.21. The normalized spacial score (nSPS) is 26.0. The summed E-state index contributed by atoms with van der Waals surface area (Å²) in [6.45, 7) is 1.10. The molecule has 0 amide bonds. The topological polar surface area (TPSA) is 30.9 Å². The molecule has 128 valence electrons. The van der Waals surface area contributed by atoms with Crippen LogP contribution in [0.25, 0.3) is 0 Å². The molecule has 2 aliphatic heterocycles. The van der Waals surface area contributed by atoms with Crippen molar-refractivity contribution in [3.63, 3.8) is 0 Å². The zero-order valence-electron chi connectivity index (χ0n) is 14.7. The zero-order valence-corrected chi connectivity index (χ0v) is 14.7. The SMILES string of the molecule is COC1=CC=C2C[C@H]1Oc1c(OC)ccc3c1CCCN(C)[C@@H]2C3. The van der Waals surface area contributed by atoms with Crippen molar-refractivity contribution in [3.05, 3.63) is 46.7 Å². The fraction of sp³-hybridized carbons (Fsp3) is 0.500. The van der Waals surface area contributed by atoms with E-state index in [0.717, 1.165) is 49.5 Å². The molecule has 0 radical (unpaired) electrons. The molecule has 2 heterocycles. The van der Waals surface area contributed by atoms with E-state index >= 15 is 0 Å². The van der Waals surface area contributed by atoms with Gasteiger partial charge in [0.15, 0.2) is 17.6 Å². The van der Waals surface area contributed by atoms with E-state index in [9.17, 15) is 0 Å². The van der Waals surface area contributed by atoms with Crippen LogP contribution in [0.3, 0.4) is 0 Å². The molecule has 0 unspecified atom stereocenters. The van der Waals surface area contributed by atoms with Crippen LogP contribution in [0.4, 0.5) is 0 Å². The minimum atomic E-state index is -0.0787. The second kappa shape index (κ2) is 6.17. The lowest BCUT2D eigenvalue weighted by Crippen LogP contribution is -2.39. The smallest absolute Gasteiger partial charge is 0.165 e. The summed E-state index contributed by atoms with van der Waals surface area (Å²) in [5.74, 6) is 2.63. The van der Waals surface area contributed by atoms with Gasteiger partial charge in [0.2, 0.25) is 0 Å². The van der Waals surface area contributed by atoms with Gasteiger partial charge in [-0.2, -0.15) is 0 Å². The Morgan fingerprint density at radius 2 is 2.00 bits per heavy atom. The van der Waals surface area contributed by atoms with Crippen molar-refractivity contribution >= 4 is 0 Å². The zero-order chi connectivity index (χ0) is 16.7. The van der Waals surface area contributed by atoms with Crippen LogP contribution in [0.15, 0.2) is 35.6 Å². The summed E-state index contributed by atoms with van der Waals surface area (Å²) in [5, 5.41) is 0. The molecule has 1 aliphatic carbocycles. The lowest BCUT2D eigenvalue weighted by Gasteiger charge is -2.33. The van der Waals surface area contributed by atoms with Gasteiger partial charge in [-0.1, -0.05) is 12.1 Å². The molecule has 6 bridgehead atoms. The van der Waals surface area contributed by atoms with E-state index in [1.54, 1.807) is 14.2 Å². The van der Waals surface area contributed by atoms with E-state index < -0.39 is 0 Å². The van der Waals surface area contributed by atoms with Crippen molar-refractivity contribution in [2.45, 2.75) is 37.8 Å². The monoisotopic (exact) mass is 327 g/mol. The number of likely N-dealkylation sites (N-methyl/N-ethyl adjacent to an activating group) is 1. The van der Waals surface area contributed by atoms with Crippen LogP contribution in [0.5, 0.6) is 11.5 Å². The predicted molar refractivity (Wildman–Crippen MR) is 93.6 cm³/mol. The molecule has 2 atom stereocenters. The van der Waals surface area contributed by atoms with Gasteiger partial charge in [0.25, 0.3) is 0 Å². The number of ether oxygens (including phenoxy) is 3. The van der Waals surface area contributed by atoms with Gasteiger partial charge in [-0.25, -0.2) is 0 Å². The average molecular weight is 327 g/mol. The van der Waals surface area contributed by atoms with Crippen molar-refractivity contribution in [2.75, 3.05) is 27.8 Å². The van der Waals surface area contributed by atoms with Crippen molar-refractivity contribution in [3.8, 4) is 11.5 Å². The summed E-state index contributed by atoms with van der Waals surface area (Å²) >= 11 is 0. The standard InChI is InChI=1S/C20H25NO3/c1-21-10-4-5-15-13-6-9-18(23-3)20(15)24-19-12-14(16(21)11-13)7-8-17(19)22-2/h6-9,16,19H,4-5,10-12H2,1-3H3/t16-,19-/m1/s1. The third-order valence-corrected chi connectivity index (χ3v) is 5.55. The molecule has 1 aromatic carbocycles. The Bertz CT molecular complexity index is 707. The number of methoxy groups -OCH3 is 2. The van der Waals surface area contributed by atoms with Crippen LogP contribution in [0, 0.1) is 0 Å². The quantitative estimate of drug-likeness (QED) is 0.835. The highest BCUT2D eigenvalue weighted by Gasteiger charge is 2.33. The van der Waals surface area contributed by atoms with E-state index in [4.69, 9.17) is 14.2 Å². The molecule has 0 aromatic heterocycles. The average Bonchev–Trinajstić information content (AvgIpc) is 2.60. The molecule has 4 rings (SSSR count). The van der Waals surface area contributed by atoms with Crippen molar-refractivity contribution in [1.29, 1.82) is 0 Å². The Balaban J connectivity index is 1.91. The highest BCUT2D eigenvalue weighted by atomic mass is 16.5. The first-order valence-corrected chi connectivity index (χ1v) is 8.71. The number of allylic oxidation sites excluding steroid dienone is 2. The Labute approximate surface area is 143 Å². The largest absolute Gasteiger partial charge is 0.497 e. The molecule has 1 aromatic rings. The number of fused-ring (bicyclic) bond motifs is 4. The van der Waals surface area contributed by atoms with E-state index in [1.807, 2.05) is 6.07 Å². The van der Waals surface area contributed by atoms with Crippen LogP contribution in [-0.2, 0) is 17.6 Å². The maximum absolute atomic E-state index is 6.49. The molecule has 0 saturated heterocycles. The molecule has 3 aliphatic rings. The summed E-state index contributed by atoms with van der Waals surface area (Å²) in [4.78, 5) is 2.49. The van der Waals surface area contributed by atoms with Crippen molar-refractivity contribution < 1.29 is 14.2 Å². The number of rotatable bonds is 2. The Morgan fingerprint density at radius 1 is 1.12 bits per heavy atom. The van der Waals surface area contributed by atoms with Gasteiger partial charge in [0.05, 0.1) is 14.2 Å². The molecule has 0 saturated carbocycles. The molecule has 4 nitrogen and oxygen atoms in total. The number of nitrogens with zero attached hydrogens (tertiary/aromatic N) is 1. The van der Waals surface area contributed by atoms with Crippen LogP contribution < -0.4 is 9.47 Å². The second-order valence-electron chi connectivity index (χ2n) is 6.86.